The second kappa shape index (κ2) is 6.12. The fourth-order valence-electron chi connectivity index (χ4n) is 1.36. The SMILES string of the molecule is CC(C)C(C)CNCc1ccc(N)c(Cl)c1. The van der Waals surface area contributed by atoms with Crippen LogP contribution in [0, 0.1) is 11.8 Å². The molecule has 1 aromatic rings. The van der Waals surface area contributed by atoms with Gasteiger partial charge in [-0.15, -0.1) is 0 Å². The van der Waals surface area contributed by atoms with Gasteiger partial charge in [0.25, 0.3) is 0 Å². The maximum absolute atomic E-state index is 5.95. The van der Waals surface area contributed by atoms with Crippen molar-refractivity contribution in [3.05, 3.63) is 28.8 Å². The zero-order valence-corrected chi connectivity index (χ0v) is 11.0. The van der Waals surface area contributed by atoms with E-state index in [1.165, 1.54) is 5.56 Å². The maximum atomic E-state index is 5.95. The number of halogens is 1. The van der Waals surface area contributed by atoms with E-state index in [0.29, 0.717) is 22.5 Å². The molecule has 1 rings (SSSR count). The van der Waals surface area contributed by atoms with Gasteiger partial charge in [-0.2, -0.15) is 0 Å². The lowest BCUT2D eigenvalue weighted by Gasteiger charge is -2.16. The van der Waals surface area contributed by atoms with Crippen LogP contribution < -0.4 is 11.1 Å². The normalized spacial score (nSPS) is 13.1. The van der Waals surface area contributed by atoms with Crippen LogP contribution in [0.2, 0.25) is 5.02 Å². The summed E-state index contributed by atoms with van der Waals surface area (Å²) in [4.78, 5) is 0. The Bertz CT molecular complexity index is 337. The second-order valence-corrected chi connectivity index (χ2v) is 5.12. The lowest BCUT2D eigenvalue weighted by molar-refractivity contribution is 0.392. The van der Waals surface area contributed by atoms with Crippen LogP contribution in [0.1, 0.15) is 26.3 Å². The van der Waals surface area contributed by atoms with E-state index in [2.05, 4.69) is 26.1 Å². The first-order valence-corrected chi connectivity index (χ1v) is 6.13. The second-order valence-electron chi connectivity index (χ2n) is 4.71. The van der Waals surface area contributed by atoms with Gasteiger partial charge in [0.1, 0.15) is 0 Å². The van der Waals surface area contributed by atoms with E-state index in [1.54, 1.807) is 0 Å². The van der Waals surface area contributed by atoms with Crippen LogP contribution in [0.5, 0.6) is 0 Å². The van der Waals surface area contributed by atoms with Crippen LogP contribution in [-0.2, 0) is 6.54 Å². The molecule has 0 aromatic heterocycles. The molecule has 2 nitrogen and oxygen atoms in total. The number of hydrogen-bond donors (Lipinski definition) is 2. The molecule has 90 valence electrons. The van der Waals surface area contributed by atoms with Crippen molar-refractivity contribution in [3.63, 3.8) is 0 Å². The predicted molar refractivity (Wildman–Crippen MR) is 71.6 cm³/mol. The Hall–Kier alpha value is -0.730. The van der Waals surface area contributed by atoms with Crippen LogP contribution in [0.3, 0.4) is 0 Å². The highest BCUT2D eigenvalue weighted by atomic mass is 35.5. The molecule has 0 fully saturated rings. The maximum Gasteiger partial charge on any atom is 0.0638 e. The fraction of sp³-hybridized carbons (Fsp3) is 0.538. The molecule has 0 amide bonds. The minimum absolute atomic E-state index is 0.635. The van der Waals surface area contributed by atoms with Gasteiger partial charge < -0.3 is 11.1 Å². The lowest BCUT2D eigenvalue weighted by Crippen LogP contribution is -2.23. The van der Waals surface area contributed by atoms with Gasteiger partial charge in [0, 0.05) is 6.54 Å². The molecule has 0 bridgehead atoms. The van der Waals surface area contributed by atoms with Crippen molar-refractivity contribution in [2.45, 2.75) is 27.3 Å². The highest BCUT2D eigenvalue weighted by Gasteiger charge is 2.06. The van der Waals surface area contributed by atoms with Crippen molar-refractivity contribution in [1.82, 2.24) is 5.32 Å². The van der Waals surface area contributed by atoms with E-state index in [1.807, 2.05) is 18.2 Å². The molecule has 0 aliphatic carbocycles. The van der Waals surface area contributed by atoms with Crippen LogP contribution in [0.25, 0.3) is 0 Å². The Labute approximate surface area is 103 Å². The third-order valence-electron chi connectivity index (χ3n) is 3.00. The van der Waals surface area contributed by atoms with Gasteiger partial charge in [-0.05, 0) is 36.1 Å². The Morgan fingerprint density at radius 3 is 2.56 bits per heavy atom. The third kappa shape index (κ3) is 4.03. The van der Waals surface area contributed by atoms with E-state index < -0.39 is 0 Å². The summed E-state index contributed by atoms with van der Waals surface area (Å²) in [5, 5.41) is 4.07. The topological polar surface area (TPSA) is 38.0 Å². The third-order valence-corrected chi connectivity index (χ3v) is 3.33. The fourth-order valence-corrected chi connectivity index (χ4v) is 1.56. The highest BCUT2D eigenvalue weighted by Crippen LogP contribution is 2.19. The Morgan fingerprint density at radius 1 is 1.31 bits per heavy atom. The number of nitrogen functional groups attached to an aromatic ring is 1. The highest BCUT2D eigenvalue weighted by molar-refractivity contribution is 6.33. The summed E-state index contributed by atoms with van der Waals surface area (Å²) >= 11 is 5.95. The van der Waals surface area contributed by atoms with E-state index in [9.17, 15) is 0 Å². The van der Waals surface area contributed by atoms with Crippen molar-refractivity contribution in [3.8, 4) is 0 Å². The first-order valence-electron chi connectivity index (χ1n) is 5.75. The summed E-state index contributed by atoms with van der Waals surface area (Å²) in [5.74, 6) is 1.40. The predicted octanol–water partition coefficient (Wildman–Crippen LogP) is 3.30. The summed E-state index contributed by atoms with van der Waals surface area (Å²) in [5.41, 5.74) is 7.47. The monoisotopic (exact) mass is 240 g/mol. The summed E-state index contributed by atoms with van der Waals surface area (Å²) in [7, 11) is 0. The van der Waals surface area contributed by atoms with Crippen molar-refractivity contribution < 1.29 is 0 Å². The first-order chi connectivity index (χ1) is 7.50. The number of nitrogens with two attached hydrogens (primary N) is 1. The van der Waals surface area contributed by atoms with Gasteiger partial charge in [-0.1, -0.05) is 38.4 Å². The standard InChI is InChI=1S/C13H21ClN2/c1-9(2)10(3)7-16-8-11-4-5-13(15)12(14)6-11/h4-6,9-10,16H,7-8,15H2,1-3H3. The van der Waals surface area contributed by atoms with Crippen LogP contribution >= 0.6 is 11.6 Å². The molecule has 1 aromatic carbocycles. The number of hydrogen-bond acceptors (Lipinski definition) is 2. The molecule has 3 heteroatoms. The minimum atomic E-state index is 0.635. The van der Waals surface area contributed by atoms with E-state index in [-0.39, 0.29) is 0 Å². The molecule has 0 heterocycles. The summed E-state index contributed by atoms with van der Waals surface area (Å²) in [6.07, 6.45) is 0. The summed E-state index contributed by atoms with van der Waals surface area (Å²) < 4.78 is 0. The minimum Gasteiger partial charge on any atom is -0.398 e. The Balaban J connectivity index is 2.40. The number of anilines is 1. The number of benzene rings is 1. The molecule has 1 unspecified atom stereocenters. The van der Waals surface area contributed by atoms with Crippen LogP contribution in [-0.4, -0.2) is 6.54 Å². The zero-order chi connectivity index (χ0) is 12.1. The van der Waals surface area contributed by atoms with E-state index >= 15 is 0 Å². The molecule has 0 spiro atoms. The van der Waals surface area contributed by atoms with Crippen molar-refractivity contribution in [2.75, 3.05) is 12.3 Å². The van der Waals surface area contributed by atoms with Gasteiger partial charge in [-0.25, -0.2) is 0 Å². The van der Waals surface area contributed by atoms with E-state index in [4.69, 9.17) is 17.3 Å². The van der Waals surface area contributed by atoms with Gasteiger partial charge in [-0.3, -0.25) is 0 Å². The first kappa shape index (κ1) is 13.3. The van der Waals surface area contributed by atoms with Crippen molar-refractivity contribution >= 4 is 17.3 Å². The van der Waals surface area contributed by atoms with Gasteiger partial charge >= 0.3 is 0 Å². The summed E-state index contributed by atoms with van der Waals surface area (Å²) in [6, 6.07) is 5.78. The lowest BCUT2D eigenvalue weighted by atomic mass is 9.98. The molecule has 0 saturated carbocycles. The molecule has 3 N–H and O–H groups in total. The van der Waals surface area contributed by atoms with Gasteiger partial charge in [0.2, 0.25) is 0 Å². The molecule has 16 heavy (non-hydrogen) atoms. The zero-order valence-electron chi connectivity index (χ0n) is 10.3. The van der Waals surface area contributed by atoms with Crippen LogP contribution in [0.4, 0.5) is 5.69 Å². The number of rotatable bonds is 5. The molecular formula is C13H21ClN2. The Kier molecular flexibility index (Phi) is 5.10. The smallest absolute Gasteiger partial charge is 0.0638 e. The average molecular weight is 241 g/mol. The van der Waals surface area contributed by atoms with Crippen LogP contribution in [0.15, 0.2) is 18.2 Å². The molecule has 0 aliphatic rings. The largest absolute Gasteiger partial charge is 0.398 e. The Morgan fingerprint density at radius 2 is 2.00 bits per heavy atom. The molecule has 1 atom stereocenters. The molecule has 0 aliphatic heterocycles. The van der Waals surface area contributed by atoms with Gasteiger partial charge in [0.05, 0.1) is 10.7 Å². The van der Waals surface area contributed by atoms with Gasteiger partial charge in [0.15, 0.2) is 0 Å². The van der Waals surface area contributed by atoms with E-state index in [0.717, 1.165) is 13.1 Å². The van der Waals surface area contributed by atoms with Crippen molar-refractivity contribution in [2.24, 2.45) is 11.8 Å². The quantitative estimate of drug-likeness (QED) is 0.775. The molecule has 0 radical (unpaired) electrons. The molecular weight excluding hydrogens is 220 g/mol. The summed E-state index contributed by atoms with van der Waals surface area (Å²) in [6.45, 7) is 8.61. The molecule has 0 saturated heterocycles. The van der Waals surface area contributed by atoms with Crippen molar-refractivity contribution in [1.29, 1.82) is 0 Å². The average Bonchev–Trinajstić information content (AvgIpc) is 2.23. The number of nitrogens with one attached hydrogen (secondary N) is 1.